The third-order valence-electron chi connectivity index (χ3n) is 6.61. The first-order valence-electron chi connectivity index (χ1n) is 11.2. The normalized spacial score (nSPS) is 16.9. The molecule has 8 nitrogen and oxygen atoms in total. The molecule has 1 aliphatic heterocycles. The molecule has 0 unspecified atom stereocenters. The molecule has 2 aromatic heterocycles. The molecular weight excluding hydrogens is 446 g/mol. The van der Waals surface area contributed by atoms with Crippen LogP contribution in [-0.4, -0.2) is 21.1 Å². The lowest BCUT2D eigenvalue weighted by molar-refractivity contribution is -0.122. The van der Waals surface area contributed by atoms with Crippen LogP contribution in [0.5, 0.6) is 5.75 Å². The summed E-state index contributed by atoms with van der Waals surface area (Å²) in [5.74, 6) is -0.769. The van der Waals surface area contributed by atoms with E-state index in [1.807, 2.05) is 42.5 Å². The van der Waals surface area contributed by atoms with Crippen molar-refractivity contribution in [1.29, 1.82) is 0 Å². The Balaban J connectivity index is 1.55. The highest BCUT2D eigenvalue weighted by atomic mass is 16.5. The number of carbonyl (C=O) groups is 1. The predicted octanol–water partition coefficient (Wildman–Crippen LogP) is 3.52. The molecule has 174 valence electrons. The average molecular weight is 467 g/mol. The molecule has 0 saturated carbocycles. The Morgan fingerprint density at radius 1 is 0.886 bits per heavy atom. The van der Waals surface area contributed by atoms with Gasteiger partial charge in [-0.05, 0) is 42.0 Å². The van der Waals surface area contributed by atoms with E-state index >= 15 is 0 Å². The van der Waals surface area contributed by atoms with Crippen LogP contribution in [0.3, 0.4) is 0 Å². The van der Waals surface area contributed by atoms with Gasteiger partial charge in [-0.25, -0.2) is 9.59 Å². The minimum atomic E-state index is -1.02. The van der Waals surface area contributed by atoms with Crippen LogP contribution in [0.1, 0.15) is 17.0 Å². The smallest absolute Gasteiger partial charge is 0.344 e. The lowest BCUT2D eigenvalue weighted by Crippen LogP contribution is -2.35. The van der Waals surface area contributed by atoms with Crippen LogP contribution in [0.25, 0.3) is 22.0 Å². The standard InChI is InChI=1S/C27H21N3O5/c1-29-18-13-12-15(14-19(18)30(2)27(29)33)21-22-23(17-10-6-7-11-20(17)34-26(22)32)35-24(21)25(31)28-16-8-4-3-5-9-16/h3-14,21,24H,1-2H3,(H,28,31)/t21-,24+/m1/s1. The van der Waals surface area contributed by atoms with E-state index in [-0.39, 0.29) is 17.2 Å². The summed E-state index contributed by atoms with van der Waals surface area (Å²) < 4.78 is 14.9. The van der Waals surface area contributed by atoms with Crippen LogP contribution < -0.4 is 21.4 Å². The van der Waals surface area contributed by atoms with E-state index in [4.69, 9.17) is 9.15 Å². The first kappa shape index (κ1) is 21.0. The Morgan fingerprint density at radius 3 is 2.40 bits per heavy atom. The second-order valence-electron chi connectivity index (χ2n) is 8.65. The minimum Gasteiger partial charge on any atom is -0.478 e. The molecule has 0 radical (unpaired) electrons. The van der Waals surface area contributed by atoms with Gasteiger partial charge in [0.05, 0.1) is 27.9 Å². The van der Waals surface area contributed by atoms with Crippen LogP contribution >= 0.6 is 0 Å². The van der Waals surface area contributed by atoms with Crippen LogP contribution in [0.2, 0.25) is 0 Å². The van der Waals surface area contributed by atoms with E-state index in [0.717, 1.165) is 5.52 Å². The van der Waals surface area contributed by atoms with E-state index in [2.05, 4.69) is 5.32 Å². The van der Waals surface area contributed by atoms with Gasteiger partial charge < -0.3 is 14.5 Å². The largest absolute Gasteiger partial charge is 0.478 e. The number of rotatable bonds is 3. The van der Waals surface area contributed by atoms with Gasteiger partial charge in [-0.2, -0.15) is 0 Å². The van der Waals surface area contributed by atoms with Gasteiger partial charge in [0.15, 0.2) is 6.10 Å². The Labute approximate surface area is 199 Å². The van der Waals surface area contributed by atoms with Crippen molar-refractivity contribution in [2.75, 3.05) is 5.32 Å². The molecule has 1 amide bonds. The molecule has 0 saturated heterocycles. The summed E-state index contributed by atoms with van der Waals surface area (Å²) in [4.78, 5) is 39.1. The molecule has 3 heterocycles. The first-order chi connectivity index (χ1) is 16.9. The summed E-state index contributed by atoms with van der Waals surface area (Å²) in [6, 6.07) is 21.6. The number of ether oxygens (including phenoxy) is 1. The average Bonchev–Trinajstić information content (AvgIpc) is 3.38. The van der Waals surface area contributed by atoms with E-state index in [9.17, 15) is 14.4 Å². The minimum absolute atomic E-state index is 0.163. The number of nitrogens with one attached hydrogen (secondary N) is 1. The number of carbonyl (C=O) groups excluding carboxylic acids is 1. The van der Waals surface area contributed by atoms with Gasteiger partial charge in [-0.1, -0.05) is 36.4 Å². The zero-order valence-electron chi connectivity index (χ0n) is 19.0. The molecule has 0 aliphatic carbocycles. The summed E-state index contributed by atoms with van der Waals surface area (Å²) in [5, 5.41) is 3.51. The van der Waals surface area contributed by atoms with Gasteiger partial charge >= 0.3 is 11.3 Å². The van der Waals surface area contributed by atoms with Crippen LogP contribution in [0.15, 0.2) is 86.8 Å². The number of aryl methyl sites for hydroxylation is 2. The molecule has 1 aliphatic rings. The number of amides is 1. The number of aromatic nitrogens is 2. The van der Waals surface area contributed by atoms with Crippen molar-refractivity contribution in [2.45, 2.75) is 12.0 Å². The lowest BCUT2D eigenvalue weighted by atomic mass is 9.88. The van der Waals surface area contributed by atoms with Gasteiger partial charge in [-0.15, -0.1) is 0 Å². The predicted molar refractivity (Wildman–Crippen MR) is 132 cm³/mol. The molecule has 3 aromatic carbocycles. The summed E-state index contributed by atoms with van der Waals surface area (Å²) in [6.07, 6.45) is -1.02. The fourth-order valence-corrected chi connectivity index (χ4v) is 4.88. The highest BCUT2D eigenvalue weighted by Crippen LogP contribution is 2.45. The van der Waals surface area contributed by atoms with Crippen LogP contribution in [-0.2, 0) is 18.9 Å². The Hall–Kier alpha value is -4.59. The Kier molecular flexibility index (Phi) is 4.63. The number of nitrogens with zero attached hydrogens (tertiary/aromatic N) is 2. The number of hydrogen-bond donors (Lipinski definition) is 1. The third-order valence-corrected chi connectivity index (χ3v) is 6.61. The van der Waals surface area contributed by atoms with Gasteiger partial charge in [0.2, 0.25) is 0 Å². The molecular formula is C27H21N3O5. The first-order valence-corrected chi connectivity index (χ1v) is 11.2. The van der Waals surface area contributed by atoms with Gasteiger partial charge in [0.25, 0.3) is 5.91 Å². The molecule has 5 aromatic rings. The second kappa shape index (κ2) is 7.73. The molecule has 35 heavy (non-hydrogen) atoms. The number of hydrogen-bond acceptors (Lipinski definition) is 5. The highest BCUT2D eigenvalue weighted by molar-refractivity contribution is 5.98. The fraction of sp³-hybridized carbons (Fsp3) is 0.148. The quantitative estimate of drug-likeness (QED) is 0.410. The lowest BCUT2D eigenvalue weighted by Gasteiger charge is -2.19. The maximum atomic E-state index is 13.5. The molecule has 0 spiro atoms. The van der Waals surface area contributed by atoms with E-state index in [0.29, 0.717) is 33.5 Å². The molecule has 1 N–H and O–H groups in total. The SMILES string of the molecule is Cn1c(=O)n(C)c2cc([C@@H]3c4c(c5ccccc5oc4=O)O[C@@H]3C(=O)Nc3ccccc3)ccc21. The van der Waals surface area contributed by atoms with Crippen LogP contribution in [0.4, 0.5) is 5.69 Å². The number of fused-ring (bicyclic) bond motifs is 4. The van der Waals surface area contributed by atoms with Crippen molar-refractivity contribution < 1.29 is 13.9 Å². The summed E-state index contributed by atoms with van der Waals surface area (Å²) in [6.45, 7) is 0. The third kappa shape index (κ3) is 3.18. The zero-order valence-corrected chi connectivity index (χ0v) is 19.0. The number of para-hydroxylation sites is 2. The van der Waals surface area contributed by atoms with Crippen molar-refractivity contribution in [1.82, 2.24) is 9.13 Å². The van der Waals surface area contributed by atoms with E-state index < -0.39 is 17.6 Å². The summed E-state index contributed by atoms with van der Waals surface area (Å²) in [7, 11) is 3.39. The summed E-state index contributed by atoms with van der Waals surface area (Å²) in [5.41, 5.74) is 2.69. The Morgan fingerprint density at radius 2 is 1.60 bits per heavy atom. The maximum Gasteiger partial charge on any atom is 0.344 e. The van der Waals surface area contributed by atoms with E-state index in [1.54, 1.807) is 49.0 Å². The van der Waals surface area contributed by atoms with Crippen molar-refractivity contribution in [3.8, 4) is 5.75 Å². The Bertz CT molecular complexity index is 1750. The number of imidazole rings is 1. The van der Waals surface area contributed by atoms with Crippen molar-refractivity contribution in [3.05, 3.63) is 105 Å². The zero-order chi connectivity index (χ0) is 24.3. The topological polar surface area (TPSA) is 95.5 Å². The van der Waals surface area contributed by atoms with E-state index in [1.165, 1.54) is 4.57 Å². The van der Waals surface area contributed by atoms with Crippen molar-refractivity contribution >= 4 is 33.6 Å². The number of anilines is 1. The van der Waals surface area contributed by atoms with Crippen molar-refractivity contribution in [3.63, 3.8) is 0 Å². The highest BCUT2D eigenvalue weighted by Gasteiger charge is 2.44. The van der Waals surface area contributed by atoms with Gasteiger partial charge in [0, 0.05) is 19.8 Å². The fourth-order valence-electron chi connectivity index (χ4n) is 4.88. The number of benzene rings is 3. The molecule has 0 fully saturated rings. The molecule has 8 heteroatoms. The van der Waals surface area contributed by atoms with Gasteiger partial charge in [0.1, 0.15) is 11.3 Å². The monoisotopic (exact) mass is 467 g/mol. The second-order valence-corrected chi connectivity index (χ2v) is 8.65. The maximum absolute atomic E-state index is 13.5. The molecule has 2 atom stereocenters. The van der Waals surface area contributed by atoms with Crippen molar-refractivity contribution in [2.24, 2.45) is 14.1 Å². The summed E-state index contributed by atoms with van der Waals surface area (Å²) >= 11 is 0. The molecule has 0 bridgehead atoms. The van der Waals surface area contributed by atoms with Crippen LogP contribution in [0, 0.1) is 0 Å². The molecule has 6 rings (SSSR count). The van der Waals surface area contributed by atoms with Gasteiger partial charge in [-0.3, -0.25) is 13.9 Å².